The van der Waals surface area contributed by atoms with Crippen molar-refractivity contribution in [1.82, 2.24) is 9.97 Å². The smallest absolute Gasteiger partial charge is 0.258 e. The number of nitrogens with one attached hydrogen (secondary N) is 2. The van der Waals surface area contributed by atoms with Crippen LogP contribution in [0.15, 0.2) is 46.9 Å². The number of fused-ring (bicyclic) bond motifs is 1. The van der Waals surface area contributed by atoms with E-state index < -0.39 is 0 Å². The molecule has 0 atom stereocenters. The van der Waals surface area contributed by atoms with Crippen molar-refractivity contribution in [3.8, 4) is 0 Å². The Balaban J connectivity index is 1.86. The van der Waals surface area contributed by atoms with Crippen LogP contribution in [0.2, 0.25) is 0 Å². The summed E-state index contributed by atoms with van der Waals surface area (Å²) in [6.45, 7) is 0. The topological polar surface area (TPSA) is 83.8 Å². The molecule has 20 heavy (non-hydrogen) atoms. The zero-order chi connectivity index (χ0) is 14.1. The molecule has 0 aliphatic rings. The number of amides is 1. The Labute approximate surface area is 123 Å². The molecular formula is C14H11BrN4O. The number of hydrogen-bond acceptors (Lipinski definition) is 3. The summed E-state index contributed by atoms with van der Waals surface area (Å²) < 4.78 is 0.690. The third-order valence-electron chi connectivity index (χ3n) is 2.88. The van der Waals surface area contributed by atoms with Crippen molar-refractivity contribution in [3.63, 3.8) is 0 Å². The second-order valence-corrected chi connectivity index (χ2v) is 5.15. The summed E-state index contributed by atoms with van der Waals surface area (Å²) in [5, 5.41) is 2.73. The molecule has 0 aliphatic heterocycles. The largest absolute Gasteiger partial charge is 0.398 e. The highest BCUT2D eigenvalue weighted by atomic mass is 79.9. The third-order valence-corrected chi connectivity index (χ3v) is 3.57. The summed E-state index contributed by atoms with van der Waals surface area (Å²) in [5.41, 5.74) is 8.47. The number of aromatic nitrogens is 2. The average Bonchev–Trinajstić information content (AvgIpc) is 2.83. The molecule has 1 heterocycles. The highest BCUT2D eigenvalue weighted by Gasteiger charge is 2.10. The molecule has 4 N–H and O–H groups in total. The van der Waals surface area contributed by atoms with Crippen molar-refractivity contribution in [2.24, 2.45) is 0 Å². The molecule has 0 saturated carbocycles. The van der Waals surface area contributed by atoms with Crippen LogP contribution in [0.25, 0.3) is 11.0 Å². The van der Waals surface area contributed by atoms with Gasteiger partial charge in [-0.1, -0.05) is 12.1 Å². The van der Waals surface area contributed by atoms with Crippen LogP contribution in [-0.2, 0) is 0 Å². The zero-order valence-corrected chi connectivity index (χ0v) is 11.9. The first-order chi connectivity index (χ1) is 9.63. The molecule has 0 radical (unpaired) electrons. The number of carbonyl (C=O) groups is 1. The van der Waals surface area contributed by atoms with Crippen molar-refractivity contribution in [2.45, 2.75) is 0 Å². The van der Waals surface area contributed by atoms with Crippen molar-refractivity contribution in [2.75, 3.05) is 11.1 Å². The monoisotopic (exact) mass is 330 g/mol. The first-order valence-corrected chi connectivity index (χ1v) is 6.74. The van der Waals surface area contributed by atoms with Crippen molar-refractivity contribution < 1.29 is 4.79 Å². The maximum atomic E-state index is 12.1. The number of rotatable bonds is 2. The molecule has 1 amide bonds. The lowest BCUT2D eigenvalue weighted by atomic mass is 10.2. The molecule has 0 bridgehead atoms. The normalized spacial score (nSPS) is 10.7. The van der Waals surface area contributed by atoms with Crippen LogP contribution in [-0.4, -0.2) is 15.9 Å². The summed E-state index contributed by atoms with van der Waals surface area (Å²) in [6.07, 6.45) is 0. The third kappa shape index (κ3) is 2.37. The van der Waals surface area contributed by atoms with Gasteiger partial charge in [-0.2, -0.15) is 0 Å². The van der Waals surface area contributed by atoms with E-state index in [2.05, 4.69) is 31.2 Å². The minimum atomic E-state index is -0.246. The Morgan fingerprint density at radius 3 is 2.80 bits per heavy atom. The fourth-order valence-electron chi connectivity index (χ4n) is 1.86. The minimum absolute atomic E-state index is 0.246. The second-order valence-electron chi connectivity index (χ2n) is 4.29. The fraction of sp³-hybridized carbons (Fsp3) is 0. The lowest BCUT2D eigenvalue weighted by molar-refractivity contribution is 0.102. The van der Waals surface area contributed by atoms with Gasteiger partial charge in [0.05, 0.1) is 11.0 Å². The van der Waals surface area contributed by atoms with E-state index in [-0.39, 0.29) is 5.91 Å². The van der Waals surface area contributed by atoms with Crippen LogP contribution >= 0.6 is 15.9 Å². The molecule has 0 fully saturated rings. The van der Waals surface area contributed by atoms with Gasteiger partial charge < -0.3 is 10.7 Å². The van der Waals surface area contributed by atoms with E-state index in [4.69, 9.17) is 5.73 Å². The summed E-state index contributed by atoms with van der Waals surface area (Å²) in [6, 6.07) is 12.6. The maximum Gasteiger partial charge on any atom is 0.258 e. The van der Waals surface area contributed by atoms with Crippen LogP contribution in [0.4, 0.5) is 11.6 Å². The van der Waals surface area contributed by atoms with E-state index in [9.17, 15) is 4.79 Å². The fourth-order valence-corrected chi connectivity index (χ4v) is 2.24. The molecule has 0 spiro atoms. The molecule has 100 valence electrons. The summed E-state index contributed by atoms with van der Waals surface area (Å²) >= 11 is 3.30. The van der Waals surface area contributed by atoms with Gasteiger partial charge in [-0.15, -0.1) is 0 Å². The lowest BCUT2D eigenvalue weighted by Crippen LogP contribution is -2.13. The van der Waals surface area contributed by atoms with E-state index in [1.807, 2.05) is 24.3 Å². The second kappa shape index (κ2) is 4.97. The van der Waals surface area contributed by atoms with Gasteiger partial charge in [-0.3, -0.25) is 10.1 Å². The number of nitrogens with two attached hydrogens (primary N) is 1. The molecule has 2 aromatic carbocycles. The minimum Gasteiger partial charge on any atom is -0.398 e. The van der Waals surface area contributed by atoms with E-state index in [0.717, 1.165) is 11.0 Å². The number of halogens is 1. The molecule has 6 heteroatoms. The maximum absolute atomic E-state index is 12.1. The Morgan fingerprint density at radius 1 is 1.25 bits per heavy atom. The molecule has 3 aromatic rings. The number of anilines is 2. The quantitative estimate of drug-likeness (QED) is 0.631. The molecule has 0 aliphatic carbocycles. The Morgan fingerprint density at radius 2 is 2.05 bits per heavy atom. The Hall–Kier alpha value is -2.34. The van der Waals surface area contributed by atoms with Gasteiger partial charge in [-0.05, 0) is 46.3 Å². The number of hydrogen-bond donors (Lipinski definition) is 3. The van der Waals surface area contributed by atoms with Crippen LogP contribution in [0, 0.1) is 0 Å². The predicted octanol–water partition coefficient (Wildman–Crippen LogP) is 3.16. The summed E-state index contributed by atoms with van der Waals surface area (Å²) in [5.74, 6) is 0.175. The van der Waals surface area contributed by atoms with E-state index in [1.165, 1.54) is 0 Å². The standard InChI is InChI=1S/C14H11BrN4O/c15-9-7-8(5-6-10(9)16)13(20)19-14-17-11-3-1-2-4-12(11)18-14/h1-7H,16H2,(H2,17,18,19,20). The molecular weight excluding hydrogens is 320 g/mol. The highest BCUT2D eigenvalue weighted by molar-refractivity contribution is 9.10. The van der Waals surface area contributed by atoms with E-state index in [0.29, 0.717) is 21.7 Å². The van der Waals surface area contributed by atoms with Crippen molar-refractivity contribution in [3.05, 3.63) is 52.5 Å². The number of nitrogen functional groups attached to an aromatic ring is 1. The van der Waals surface area contributed by atoms with E-state index in [1.54, 1.807) is 18.2 Å². The molecule has 0 saturated heterocycles. The van der Waals surface area contributed by atoms with Crippen molar-refractivity contribution in [1.29, 1.82) is 0 Å². The van der Waals surface area contributed by atoms with Crippen LogP contribution in [0.1, 0.15) is 10.4 Å². The van der Waals surface area contributed by atoms with Gasteiger partial charge in [-0.25, -0.2) is 4.98 Å². The first-order valence-electron chi connectivity index (χ1n) is 5.94. The molecule has 5 nitrogen and oxygen atoms in total. The molecule has 1 aromatic heterocycles. The Bertz CT molecular complexity index is 764. The van der Waals surface area contributed by atoms with Crippen molar-refractivity contribution >= 4 is 44.5 Å². The van der Waals surface area contributed by atoms with Crippen LogP contribution in [0.3, 0.4) is 0 Å². The average molecular weight is 331 g/mol. The lowest BCUT2D eigenvalue weighted by Gasteiger charge is -2.04. The van der Waals surface area contributed by atoms with Gasteiger partial charge >= 0.3 is 0 Å². The number of imidazole rings is 1. The SMILES string of the molecule is Nc1ccc(C(=O)Nc2nc3ccccc3[nH]2)cc1Br. The summed E-state index contributed by atoms with van der Waals surface area (Å²) in [4.78, 5) is 19.5. The first kappa shape index (κ1) is 12.7. The van der Waals surface area contributed by atoms with Crippen LogP contribution in [0.5, 0.6) is 0 Å². The Kier molecular flexibility index (Phi) is 3.15. The highest BCUT2D eigenvalue weighted by Crippen LogP contribution is 2.21. The van der Waals surface area contributed by atoms with E-state index >= 15 is 0 Å². The van der Waals surface area contributed by atoms with Gasteiger partial charge in [0, 0.05) is 15.7 Å². The zero-order valence-electron chi connectivity index (χ0n) is 10.4. The number of para-hydroxylation sites is 2. The molecule has 3 rings (SSSR count). The number of nitrogens with zero attached hydrogens (tertiary/aromatic N) is 1. The van der Waals surface area contributed by atoms with Gasteiger partial charge in [0.1, 0.15) is 0 Å². The van der Waals surface area contributed by atoms with Gasteiger partial charge in [0.2, 0.25) is 5.95 Å². The van der Waals surface area contributed by atoms with Crippen LogP contribution < -0.4 is 11.1 Å². The van der Waals surface area contributed by atoms with Gasteiger partial charge in [0.25, 0.3) is 5.91 Å². The predicted molar refractivity (Wildman–Crippen MR) is 82.6 cm³/mol. The number of H-pyrrole nitrogens is 1. The number of aromatic amines is 1. The summed E-state index contributed by atoms with van der Waals surface area (Å²) in [7, 11) is 0. The molecule has 0 unspecified atom stereocenters. The number of carbonyl (C=O) groups excluding carboxylic acids is 1. The van der Waals surface area contributed by atoms with Gasteiger partial charge in [0.15, 0.2) is 0 Å². The number of benzene rings is 2.